The molecule has 0 amide bonds. The lowest BCUT2D eigenvalue weighted by molar-refractivity contribution is -0.161. The number of hydrogen-bond donors (Lipinski definition) is 1. The number of carbonyl (C=O) groups is 1. The van der Waals surface area contributed by atoms with E-state index in [1.54, 1.807) is 0 Å². The third kappa shape index (κ3) is 3.56. The van der Waals surface area contributed by atoms with Crippen LogP contribution < -0.4 is 5.73 Å². The molecule has 0 aliphatic rings. The quantitative estimate of drug-likeness (QED) is 0.873. The summed E-state index contributed by atoms with van der Waals surface area (Å²) in [6.07, 6.45) is 0. The Morgan fingerprint density at radius 3 is 2.11 bits per heavy atom. The van der Waals surface area contributed by atoms with Crippen molar-refractivity contribution in [2.24, 2.45) is 5.73 Å². The maximum absolute atomic E-state index is 12.3. The van der Waals surface area contributed by atoms with Crippen molar-refractivity contribution in [1.29, 1.82) is 0 Å². The predicted molar refractivity (Wildman–Crippen MR) is 76.4 cm³/mol. The molecule has 0 aliphatic heterocycles. The molecule has 1 atom stereocenters. The van der Waals surface area contributed by atoms with Crippen molar-refractivity contribution >= 4 is 21.9 Å². The summed E-state index contributed by atoms with van der Waals surface area (Å²) in [7, 11) is 0. The summed E-state index contributed by atoms with van der Waals surface area (Å²) in [6, 6.07) is 7.57. The molecule has 0 aliphatic carbocycles. The van der Waals surface area contributed by atoms with Crippen LogP contribution in [-0.4, -0.2) is 18.1 Å². The van der Waals surface area contributed by atoms with Crippen molar-refractivity contribution in [3.63, 3.8) is 0 Å². The maximum Gasteiger partial charge on any atom is 0.318 e. The minimum atomic E-state index is -0.812. The van der Waals surface area contributed by atoms with Crippen LogP contribution in [0.25, 0.3) is 0 Å². The predicted octanol–water partition coefficient (Wildman–Crippen LogP) is 3.01. The average Bonchev–Trinajstić information content (AvgIpc) is 2.26. The molecular formula is C14H20BrNO2. The van der Waals surface area contributed by atoms with Crippen molar-refractivity contribution < 1.29 is 9.53 Å². The standard InChI is InChI=1S/C14H20BrNO2/c1-13(2,3)18-12(17)14(4,9-16)10-5-7-11(15)8-6-10/h5-8H,9,16H2,1-4H3. The van der Waals surface area contributed by atoms with Crippen LogP contribution >= 0.6 is 15.9 Å². The lowest BCUT2D eigenvalue weighted by atomic mass is 9.82. The van der Waals surface area contributed by atoms with Gasteiger partial charge < -0.3 is 10.5 Å². The fraction of sp³-hybridized carbons (Fsp3) is 0.500. The zero-order valence-corrected chi connectivity index (χ0v) is 12.9. The number of halogens is 1. The van der Waals surface area contributed by atoms with Crippen LogP contribution in [0, 0.1) is 0 Å². The molecule has 1 rings (SSSR count). The summed E-state index contributed by atoms with van der Waals surface area (Å²) >= 11 is 3.37. The number of esters is 1. The topological polar surface area (TPSA) is 52.3 Å². The second-order valence-corrected chi connectivity index (χ2v) is 6.46. The fourth-order valence-electron chi connectivity index (χ4n) is 1.53. The van der Waals surface area contributed by atoms with Crippen LogP contribution in [0.2, 0.25) is 0 Å². The van der Waals surface area contributed by atoms with E-state index in [-0.39, 0.29) is 12.5 Å². The first-order chi connectivity index (χ1) is 8.19. The minimum Gasteiger partial charge on any atom is -0.459 e. The minimum absolute atomic E-state index is 0.212. The average molecular weight is 314 g/mol. The highest BCUT2D eigenvalue weighted by Crippen LogP contribution is 2.27. The Kier molecular flexibility index (Phi) is 4.56. The molecule has 0 fully saturated rings. The van der Waals surface area contributed by atoms with E-state index in [9.17, 15) is 4.79 Å². The fourth-order valence-corrected chi connectivity index (χ4v) is 1.79. The van der Waals surface area contributed by atoms with Gasteiger partial charge in [0.15, 0.2) is 0 Å². The Bertz CT molecular complexity index is 422. The molecule has 4 heteroatoms. The Morgan fingerprint density at radius 2 is 1.72 bits per heavy atom. The molecule has 18 heavy (non-hydrogen) atoms. The van der Waals surface area contributed by atoms with E-state index in [4.69, 9.17) is 10.5 Å². The summed E-state index contributed by atoms with van der Waals surface area (Å²) in [4.78, 5) is 12.3. The zero-order chi connectivity index (χ0) is 14.0. The van der Waals surface area contributed by atoms with Crippen molar-refractivity contribution in [3.8, 4) is 0 Å². The molecule has 1 aromatic rings. The summed E-state index contributed by atoms with van der Waals surface area (Å²) in [5.74, 6) is -0.292. The van der Waals surface area contributed by atoms with Gasteiger partial charge in [-0.15, -0.1) is 0 Å². The number of carbonyl (C=O) groups excluding carboxylic acids is 1. The molecule has 1 unspecified atom stereocenters. The molecule has 0 heterocycles. The molecule has 0 bridgehead atoms. The first-order valence-electron chi connectivity index (χ1n) is 5.88. The van der Waals surface area contributed by atoms with Crippen LogP contribution in [-0.2, 0) is 14.9 Å². The molecule has 2 N–H and O–H groups in total. The van der Waals surface area contributed by atoms with Crippen LogP contribution in [0.4, 0.5) is 0 Å². The highest BCUT2D eigenvalue weighted by Gasteiger charge is 2.37. The summed E-state index contributed by atoms with van der Waals surface area (Å²) < 4.78 is 6.42. The summed E-state index contributed by atoms with van der Waals surface area (Å²) in [6.45, 7) is 7.57. The van der Waals surface area contributed by atoms with Crippen LogP contribution in [0.3, 0.4) is 0 Å². The van der Waals surface area contributed by atoms with Crippen LogP contribution in [0.1, 0.15) is 33.3 Å². The van der Waals surface area contributed by atoms with Gasteiger partial charge in [-0.05, 0) is 45.4 Å². The van der Waals surface area contributed by atoms with Gasteiger partial charge >= 0.3 is 5.97 Å². The number of benzene rings is 1. The molecule has 0 saturated heterocycles. The molecule has 0 saturated carbocycles. The summed E-state index contributed by atoms with van der Waals surface area (Å²) in [5, 5.41) is 0. The molecule has 1 aromatic carbocycles. The van der Waals surface area contributed by atoms with E-state index < -0.39 is 11.0 Å². The van der Waals surface area contributed by atoms with E-state index in [1.165, 1.54) is 0 Å². The maximum atomic E-state index is 12.3. The van der Waals surface area contributed by atoms with Gasteiger partial charge in [-0.2, -0.15) is 0 Å². The monoisotopic (exact) mass is 313 g/mol. The van der Waals surface area contributed by atoms with Gasteiger partial charge in [0, 0.05) is 11.0 Å². The SMILES string of the molecule is CC(C)(C)OC(=O)C(C)(CN)c1ccc(Br)cc1. The third-order valence-electron chi connectivity index (χ3n) is 2.74. The lowest BCUT2D eigenvalue weighted by Gasteiger charge is -2.30. The largest absolute Gasteiger partial charge is 0.459 e. The zero-order valence-electron chi connectivity index (χ0n) is 11.3. The van der Waals surface area contributed by atoms with Gasteiger partial charge in [-0.25, -0.2) is 0 Å². The van der Waals surface area contributed by atoms with Crippen molar-refractivity contribution in [3.05, 3.63) is 34.3 Å². The first kappa shape index (κ1) is 15.2. The number of ether oxygens (including phenoxy) is 1. The van der Waals surface area contributed by atoms with Gasteiger partial charge in [-0.1, -0.05) is 28.1 Å². The van der Waals surface area contributed by atoms with Crippen LogP contribution in [0.5, 0.6) is 0 Å². The van der Waals surface area contributed by atoms with Gasteiger partial charge in [0.25, 0.3) is 0 Å². The van der Waals surface area contributed by atoms with Crippen molar-refractivity contribution in [2.75, 3.05) is 6.54 Å². The molecule has 0 aromatic heterocycles. The van der Waals surface area contributed by atoms with Gasteiger partial charge in [0.1, 0.15) is 11.0 Å². The van der Waals surface area contributed by atoms with Crippen LogP contribution in [0.15, 0.2) is 28.7 Å². The highest BCUT2D eigenvalue weighted by atomic mass is 79.9. The highest BCUT2D eigenvalue weighted by molar-refractivity contribution is 9.10. The van der Waals surface area contributed by atoms with E-state index in [2.05, 4.69) is 15.9 Å². The third-order valence-corrected chi connectivity index (χ3v) is 3.27. The van der Waals surface area contributed by atoms with Crippen molar-refractivity contribution in [2.45, 2.75) is 38.7 Å². The van der Waals surface area contributed by atoms with Gasteiger partial charge in [0.05, 0.1) is 0 Å². The Balaban J connectivity index is 3.05. The van der Waals surface area contributed by atoms with E-state index in [0.29, 0.717) is 0 Å². The normalized spacial score (nSPS) is 15.0. The summed E-state index contributed by atoms with van der Waals surface area (Å²) in [5.41, 5.74) is 5.33. The smallest absolute Gasteiger partial charge is 0.318 e. The second-order valence-electron chi connectivity index (χ2n) is 5.55. The van der Waals surface area contributed by atoms with Gasteiger partial charge in [-0.3, -0.25) is 4.79 Å². The van der Waals surface area contributed by atoms with E-state index >= 15 is 0 Å². The lowest BCUT2D eigenvalue weighted by Crippen LogP contribution is -2.44. The van der Waals surface area contributed by atoms with E-state index in [1.807, 2.05) is 52.0 Å². The van der Waals surface area contributed by atoms with Gasteiger partial charge in [0.2, 0.25) is 0 Å². The van der Waals surface area contributed by atoms with E-state index in [0.717, 1.165) is 10.0 Å². The number of hydrogen-bond acceptors (Lipinski definition) is 3. The molecule has 0 radical (unpaired) electrons. The molecule has 0 spiro atoms. The molecule has 3 nitrogen and oxygen atoms in total. The van der Waals surface area contributed by atoms with Crippen molar-refractivity contribution in [1.82, 2.24) is 0 Å². The first-order valence-corrected chi connectivity index (χ1v) is 6.68. The Labute approximate surface area is 117 Å². The Hall–Kier alpha value is -0.870. The Morgan fingerprint density at radius 1 is 1.22 bits per heavy atom. The second kappa shape index (κ2) is 5.41. The number of nitrogens with two attached hydrogens (primary N) is 1. The molecule has 100 valence electrons. The molecular weight excluding hydrogens is 294 g/mol. The number of rotatable bonds is 3.